The number of anilines is 2. The molecule has 21 heteroatoms. The lowest BCUT2D eigenvalue weighted by Crippen LogP contribution is -2.38. The fraction of sp³-hybridized carbons (Fsp3) is 0.600. The van der Waals surface area contributed by atoms with Crippen molar-refractivity contribution < 1.29 is 45.9 Å². The molecule has 3 aliphatic rings. The van der Waals surface area contributed by atoms with Crippen molar-refractivity contribution in [1.82, 2.24) is 44.4 Å². The van der Waals surface area contributed by atoms with Gasteiger partial charge in [-0.1, -0.05) is 37.3 Å². The zero-order valence-electron chi connectivity index (χ0n) is 34.9. The summed E-state index contributed by atoms with van der Waals surface area (Å²) in [6.07, 6.45) is -1.83. The third kappa shape index (κ3) is 9.92. The van der Waals surface area contributed by atoms with E-state index >= 15 is 0 Å². The fourth-order valence-electron chi connectivity index (χ4n) is 7.95. The lowest BCUT2D eigenvalue weighted by molar-refractivity contribution is -0.0580. The van der Waals surface area contributed by atoms with Crippen molar-refractivity contribution >= 4 is 45.7 Å². The number of thioether (sulfide) groups is 1. The Labute approximate surface area is 358 Å². The van der Waals surface area contributed by atoms with Gasteiger partial charge in [0.25, 0.3) is 0 Å². The molecule has 11 atom stereocenters. The fourth-order valence-corrected chi connectivity index (χ4v) is 8.79. The topological polar surface area (TPSA) is 261 Å². The van der Waals surface area contributed by atoms with E-state index < -0.39 is 49.1 Å². The lowest BCUT2D eigenvalue weighted by Gasteiger charge is -2.31. The van der Waals surface area contributed by atoms with Gasteiger partial charge in [0.1, 0.15) is 48.3 Å². The Morgan fingerprint density at radius 2 is 1.28 bits per heavy atom. The Morgan fingerprint density at radius 3 is 1.80 bits per heavy atom. The summed E-state index contributed by atoms with van der Waals surface area (Å²) in [6, 6.07) is 10.5. The SMILES string of the molecule is CNc1nc(CNC2CCC(O)C(C)C2)nc2c1ncn2[C@@H]1O[C@H](COC)[C@@H](O)[C@H]1O.CNc1nc(CSCc2ccccc2)nc2c1ncn2[C@@H]1O[C@H](COC)[C@@H](O)[C@H]1O.[HH]. The highest BCUT2D eigenvalue weighted by atomic mass is 32.2. The van der Waals surface area contributed by atoms with Crippen LogP contribution in [0.5, 0.6) is 0 Å². The predicted octanol–water partition coefficient (Wildman–Crippen LogP) is 1.59. The van der Waals surface area contributed by atoms with E-state index in [4.69, 9.17) is 18.9 Å². The number of fused-ring (bicyclic) bond motifs is 2. The highest BCUT2D eigenvalue weighted by Gasteiger charge is 2.45. The molecule has 8 N–H and O–H groups in total. The summed E-state index contributed by atoms with van der Waals surface area (Å²) in [5.41, 5.74) is 3.43. The molecule has 61 heavy (non-hydrogen) atoms. The summed E-state index contributed by atoms with van der Waals surface area (Å²) in [5, 5.41) is 61.2. The normalized spacial score (nSPS) is 28.9. The van der Waals surface area contributed by atoms with Gasteiger partial charge in [0.15, 0.2) is 46.4 Å². The Morgan fingerprint density at radius 1 is 0.738 bits per heavy atom. The molecular weight excluding hydrogens is 811 g/mol. The summed E-state index contributed by atoms with van der Waals surface area (Å²) in [5.74, 6) is 4.15. The molecule has 0 amide bonds. The summed E-state index contributed by atoms with van der Waals surface area (Å²) >= 11 is 1.72. The molecule has 1 aromatic carbocycles. The second-order valence-corrected chi connectivity index (χ2v) is 16.5. The number of rotatable bonds is 15. The average Bonchev–Trinajstić information content (AvgIpc) is 4.03. The third-order valence-electron chi connectivity index (χ3n) is 11.3. The molecule has 334 valence electrons. The number of imidazole rings is 2. The number of nitrogens with zero attached hydrogens (tertiary/aromatic N) is 8. The van der Waals surface area contributed by atoms with Crippen molar-refractivity contribution in [2.75, 3.05) is 52.2 Å². The molecule has 8 rings (SSSR count). The van der Waals surface area contributed by atoms with Gasteiger partial charge in [-0.15, -0.1) is 11.8 Å². The first-order valence-electron chi connectivity index (χ1n) is 20.4. The number of methoxy groups -OCH3 is 2. The minimum Gasteiger partial charge on any atom is -0.393 e. The van der Waals surface area contributed by atoms with Crippen LogP contribution in [-0.2, 0) is 37.0 Å². The maximum absolute atomic E-state index is 10.5. The minimum atomic E-state index is -1.14. The number of ether oxygens (including phenoxy) is 4. The molecule has 3 fully saturated rings. The van der Waals surface area contributed by atoms with Gasteiger partial charge in [-0.2, -0.15) is 0 Å². The van der Waals surface area contributed by atoms with E-state index in [0.717, 1.165) is 25.0 Å². The Hall–Kier alpha value is -4.13. The van der Waals surface area contributed by atoms with E-state index in [1.165, 1.54) is 26.1 Å². The van der Waals surface area contributed by atoms with E-state index in [-0.39, 0.29) is 26.7 Å². The number of aromatic nitrogens is 8. The summed E-state index contributed by atoms with van der Waals surface area (Å²) in [6.45, 7) is 2.88. The van der Waals surface area contributed by atoms with Gasteiger partial charge in [-0.05, 0) is 30.7 Å². The zero-order chi connectivity index (χ0) is 43.2. The Bertz CT molecular complexity index is 2190. The van der Waals surface area contributed by atoms with E-state index in [1.807, 2.05) is 18.2 Å². The Balaban J connectivity index is 0.000000204. The van der Waals surface area contributed by atoms with Gasteiger partial charge in [0.2, 0.25) is 0 Å². The van der Waals surface area contributed by atoms with Crippen molar-refractivity contribution in [3.8, 4) is 0 Å². The molecule has 1 aliphatic carbocycles. The second kappa shape index (κ2) is 20.4. The van der Waals surface area contributed by atoms with E-state index in [9.17, 15) is 25.5 Å². The van der Waals surface area contributed by atoms with Gasteiger partial charge in [-0.3, -0.25) is 9.13 Å². The largest absolute Gasteiger partial charge is 0.393 e. The number of aliphatic hydroxyl groups is 5. The van der Waals surface area contributed by atoms with Crippen molar-refractivity contribution in [3.05, 3.63) is 60.2 Å². The van der Waals surface area contributed by atoms with Gasteiger partial charge in [0.05, 0.1) is 44.3 Å². The monoisotopic (exact) mass is 869 g/mol. The maximum Gasteiger partial charge on any atom is 0.168 e. The highest BCUT2D eigenvalue weighted by molar-refractivity contribution is 7.97. The molecular formula is C40H59N11O9S. The molecule has 1 saturated carbocycles. The summed E-state index contributed by atoms with van der Waals surface area (Å²) in [7, 11) is 6.58. The van der Waals surface area contributed by atoms with Crippen LogP contribution in [0.25, 0.3) is 22.3 Å². The molecule has 20 nitrogen and oxygen atoms in total. The van der Waals surface area contributed by atoms with Crippen molar-refractivity contribution in [2.24, 2.45) is 5.92 Å². The van der Waals surface area contributed by atoms with E-state index in [1.54, 1.807) is 41.3 Å². The van der Waals surface area contributed by atoms with Crippen LogP contribution in [0.4, 0.5) is 11.6 Å². The molecule has 6 heterocycles. The quantitative estimate of drug-likeness (QED) is 0.0743. The van der Waals surface area contributed by atoms with Crippen LogP contribution in [0.15, 0.2) is 43.0 Å². The first-order valence-corrected chi connectivity index (χ1v) is 21.6. The molecule has 2 aliphatic heterocycles. The van der Waals surface area contributed by atoms with Crippen LogP contribution in [0.3, 0.4) is 0 Å². The summed E-state index contributed by atoms with van der Waals surface area (Å²) in [4.78, 5) is 27.3. The molecule has 0 radical (unpaired) electrons. The van der Waals surface area contributed by atoms with Crippen molar-refractivity contribution in [2.45, 2.75) is 105 Å². The first kappa shape index (κ1) is 44.9. The van der Waals surface area contributed by atoms with Gasteiger partial charge in [-0.25, -0.2) is 29.9 Å². The number of nitrogens with one attached hydrogen (secondary N) is 3. The second-order valence-electron chi connectivity index (χ2n) is 15.5. The molecule has 0 bridgehead atoms. The maximum atomic E-state index is 10.5. The standard InChI is InChI=1S/C20H32N6O5.C20H25N5O4S.H2/c1-10-6-11(4-5-12(10)27)22-7-14-24-18(21-2)15-19(25-14)26(9-23-15)20-17(29)16(28)13(31-20)8-30-3;1-21-18-15-19(24-14(23-18)10-30-9-12-6-4-3-5-7-12)25(11-22-15)20-17(27)16(26)13(29-20)8-28-2;/h9-13,16-17,20,22,27-29H,4-8H2,1-3H3,(H,21,24,25);3-7,11,13,16-17,20,26-27H,8-10H2,1-2H3,(H,21,23,24);1H/t10?,11?,12?,13-,16-,17-,20-;13-,16-,17-,20-;/m11./s1. The number of aliphatic hydroxyl groups excluding tert-OH is 5. The first-order chi connectivity index (χ1) is 29.5. The van der Waals surface area contributed by atoms with Crippen LogP contribution in [0, 0.1) is 5.92 Å². The van der Waals surface area contributed by atoms with Crippen molar-refractivity contribution in [3.63, 3.8) is 0 Å². The zero-order valence-corrected chi connectivity index (χ0v) is 35.7. The van der Waals surface area contributed by atoms with Gasteiger partial charge >= 0.3 is 0 Å². The molecule has 4 aromatic heterocycles. The number of hydrogen-bond acceptors (Lipinski definition) is 19. The van der Waals surface area contributed by atoms with E-state index in [0.29, 0.717) is 64.0 Å². The third-order valence-corrected chi connectivity index (χ3v) is 12.3. The van der Waals surface area contributed by atoms with Crippen LogP contribution in [-0.4, -0.2) is 155 Å². The van der Waals surface area contributed by atoms with Crippen LogP contribution >= 0.6 is 11.8 Å². The molecule has 2 saturated heterocycles. The number of hydrogen-bond donors (Lipinski definition) is 8. The minimum absolute atomic E-state index is 0. The Kier molecular flexibility index (Phi) is 15.0. The average molecular weight is 870 g/mol. The van der Waals surface area contributed by atoms with Crippen LogP contribution in [0.2, 0.25) is 0 Å². The van der Waals surface area contributed by atoms with Crippen LogP contribution in [0.1, 0.15) is 57.3 Å². The molecule has 0 spiro atoms. The van der Waals surface area contributed by atoms with E-state index in [2.05, 4.69) is 64.9 Å². The number of benzene rings is 1. The van der Waals surface area contributed by atoms with Gasteiger partial charge in [0, 0.05) is 41.5 Å². The van der Waals surface area contributed by atoms with Crippen LogP contribution < -0.4 is 16.0 Å². The highest BCUT2D eigenvalue weighted by Crippen LogP contribution is 2.35. The van der Waals surface area contributed by atoms with Gasteiger partial charge < -0.3 is 60.4 Å². The predicted molar refractivity (Wildman–Crippen MR) is 229 cm³/mol. The smallest absolute Gasteiger partial charge is 0.168 e. The van der Waals surface area contributed by atoms with Crippen molar-refractivity contribution in [1.29, 1.82) is 0 Å². The summed E-state index contributed by atoms with van der Waals surface area (Å²) < 4.78 is 25.1. The molecule has 5 aromatic rings. The molecule has 3 unspecified atom stereocenters. The lowest BCUT2D eigenvalue weighted by atomic mass is 9.84.